The predicted octanol–water partition coefficient (Wildman–Crippen LogP) is 4.36. The van der Waals surface area contributed by atoms with Crippen LogP contribution in [0.3, 0.4) is 0 Å². The molecule has 3 rings (SSSR count). The number of amides is 1. The first-order valence-corrected chi connectivity index (χ1v) is 9.57. The molecule has 1 heterocycles. The smallest absolute Gasteiger partial charge is 0.253 e. The van der Waals surface area contributed by atoms with Gasteiger partial charge in [0.05, 0.1) is 12.1 Å². The predicted molar refractivity (Wildman–Crippen MR) is 114 cm³/mol. The number of nitrogens with two attached hydrogens (primary N) is 1. The molecule has 0 fully saturated rings. The van der Waals surface area contributed by atoms with Crippen LogP contribution in [0.4, 0.5) is 5.82 Å². The number of rotatable bonds is 8. The highest BCUT2D eigenvalue weighted by Crippen LogP contribution is 2.27. The molecule has 1 amide bonds. The van der Waals surface area contributed by atoms with Gasteiger partial charge >= 0.3 is 0 Å². The third kappa shape index (κ3) is 5.76. The van der Waals surface area contributed by atoms with Crippen LogP contribution in [-0.4, -0.2) is 24.0 Å². The van der Waals surface area contributed by atoms with Crippen molar-refractivity contribution in [1.82, 2.24) is 10.3 Å². The van der Waals surface area contributed by atoms with Gasteiger partial charge in [-0.2, -0.15) is 0 Å². The first-order valence-electron chi connectivity index (χ1n) is 8.82. The van der Waals surface area contributed by atoms with Crippen LogP contribution in [0.15, 0.2) is 60.8 Å². The Morgan fingerprint density at radius 1 is 1.03 bits per heavy atom. The lowest BCUT2D eigenvalue weighted by molar-refractivity contribution is 0.0946. The van der Waals surface area contributed by atoms with Crippen molar-refractivity contribution in [2.24, 2.45) is 0 Å². The van der Waals surface area contributed by atoms with Gasteiger partial charge in [-0.3, -0.25) is 4.79 Å². The zero-order valence-corrected chi connectivity index (χ0v) is 16.9. The van der Waals surface area contributed by atoms with Gasteiger partial charge in [0.15, 0.2) is 11.6 Å². The van der Waals surface area contributed by atoms with E-state index in [1.807, 2.05) is 30.3 Å². The molecule has 0 saturated heterocycles. The molecule has 29 heavy (non-hydrogen) atoms. The van der Waals surface area contributed by atoms with Gasteiger partial charge in [-0.25, -0.2) is 4.98 Å². The molecule has 0 bridgehead atoms. The molecule has 3 aromatic rings. The van der Waals surface area contributed by atoms with Gasteiger partial charge in [0.2, 0.25) is 0 Å². The van der Waals surface area contributed by atoms with Crippen molar-refractivity contribution in [2.45, 2.75) is 6.61 Å². The van der Waals surface area contributed by atoms with Gasteiger partial charge in [-0.1, -0.05) is 47.5 Å². The Hall–Kier alpha value is -2.96. The number of ether oxygens (including phenoxy) is 2. The van der Waals surface area contributed by atoms with E-state index in [0.717, 1.165) is 5.75 Å². The molecule has 150 valence electrons. The van der Waals surface area contributed by atoms with Gasteiger partial charge in [0.25, 0.3) is 5.91 Å². The van der Waals surface area contributed by atoms with Crippen molar-refractivity contribution in [1.29, 1.82) is 0 Å². The van der Waals surface area contributed by atoms with Crippen molar-refractivity contribution in [2.75, 3.05) is 18.9 Å². The van der Waals surface area contributed by atoms with Crippen molar-refractivity contribution < 1.29 is 14.3 Å². The number of aromatic nitrogens is 1. The first kappa shape index (κ1) is 20.8. The highest BCUT2D eigenvalue weighted by atomic mass is 35.5. The molecule has 0 aliphatic carbocycles. The summed E-state index contributed by atoms with van der Waals surface area (Å²) in [5, 5.41) is 3.73. The molecular formula is C21H19Cl2N3O3. The van der Waals surface area contributed by atoms with E-state index in [1.165, 1.54) is 12.3 Å². The molecule has 6 nitrogen and oxygen atoms in total. The highest BCUT2D eigenvalue weighted by Gasteiger charge is 2.12. The summed E-state index contributed by atoms with van der Waals surface area (Å²) in [6, 6.07) is 16.1. The summed E-state index contributed by atoms with van der Waals surface area (Å²) in [5.74, 6) is 0.867. The Kier molecular flexibility index (Phi) is 7.16. The normalized spacial score (nSPS) is 10.4. The zero-order valence-electron chi connectivity index (χ0n) is 15.4. The Morgan fingerprint density at radius 2 is 1.76 bits per heavy atom. The molecule has 0 aliphatic heterocycles. The second kappa shape index (κ2) is 10.0. The fraction of sp³-hybridized carbons (Fsp3) is 0.143. The van der Waals surface area contributed by atoms with Crippen LogP contribution in [0.1, 0.15) is 15.9 Å². The second-order valence-corrected chi connectivity index (χ2v) is 6.83. The van der Waals surface area contributed by atoms with E-state index in [-0.39, 0.29) is 24.1 Å². The van der Waals surface area contributed by atoms with Crippen LogP contribution >= 0.6 is 23.2 Å². The average molecular weight is 432 g/mol. The van der Waals surface area contributed by atoms with Gasteiger partial charge in [0, 0.05) is 21.8 Å². The minimum atomic E-state index is -0.310. The molecular weight excluding hydrogens is 413 g/mol. The summed E-state index contributed by atoms with van der Waals surface area (Å²) in [5.41, 5.74) is 6.81. The number of pyridine rings is 1. The van der Waals surface area contributed by atoms with E-state index in [2.05, 4.69) is 10.3 Å². The Bertz CT molecular complexity index is 964. The average Bonchev–Trinajstić information content (AvgIpc) is 2.72. The summed E-state index contributed by atoms with van der Waals surface area (Å²) in [4.78, 5) is 16.4. The van der Waals surface area contributed by atoms with Crippen LogP contribution in [0, 0.1) is 0 Å². The molecule has 8 heteroatoms. The van der Waals surface area contributed by atoms with E-state index in [9.17, 15) is 4.79 Å². The summed E-state index contributed by atoms with van der Waals surface area (Å²) in [7, 11) is 0. The Morgan fingerprint density at radius 3 is 2.48 bits per heavy atom. The van der Waals surface area contributed by atoms with Gasteiger partial charge < -0.3 is 20.5 Å². The number of nitrogen functional groups attached to an aromatic ring is 1. The Balaban J connectivity index is 1.57. The SMILES string of the molecule is Nc1ncc(C(=O)NCCOc2ccccc2)cc1OCc1c(Cl)cccc1Cl. The van der Waals surface area contributed by atoms with Crippen molar-refractivity contribution in [3.05, 3.63) is 82.0 Å². The van der Waals surface area contributed by atoms with Crippen LogP contribution in [0.5, 0.6) is 11.5 Å². The molecule has 0 aliphatic rings. The van der Waals surface area contributed by atoms with Gasteiger partial charge in [-0.15, -0.1) is 0 Å². The highest BCUT2D eigenvalue weighted by molar-refractivity contribution is 6.35. The minimum Gasteiger partial charge on any atom is -0.492 e. The molecule has 1 aromatic heterocycles. The van der Waals surface area contributed by atoms with Crippen LogP contribution in [-0.2, 0) is 6.61 Å². The largest absolute Gasteiger partial charge is 0.492 e. The first-order chi connectivity index (χ1) is 14.0. The molecule has 0 radical (unpaired) electrons. The number of anilines is 1. The van der Waals surface area contributed by atoms with Crippen LogP contribution in [0.25, 0.3) is 0 Å². The molecule has 0 atom stereocenters. The number of benzene rings is 2. The third-order valence-corrected chi connectivity index (χ3v) is 4.69. The lowest BCUT2D eigenvalue weighted by Crippen LogP contribution is -2.28. The number of para-hydroxylation sites is 1. The lowest BCUT2D eigenvalue weighted by atomic mass is 10.2. The molecule has 3 N–H and O–H groups in total. The maximum absolute atomic E-state index is 12.4. The van der Waals surface area contributed by atoms with Crippen molar-refractivity contribution in [3.63, 3.8) is 0 Å². The number of halogens is 2. The van der Waals surface area contributed by atoms with Crippen LogP contribution < -0.4 is 20.5 Å². The quantitative estimate of drug-likeness (QED) is 0.517. The van der Waals surface area contributed by atoms with E-state index in [4.69, 9.17) is 38.4 Å². The maximum Gasteiger partial charge on any atom is 0.253 e. The number of carbonyl (C=O) groups excluding carboxylic acids is 1. The lowest BCUT2D eigenvalue weighted by Gasteiger charge is -2.12. The maximum atomic E-state index is 12.4. The number of hydrogen-bond acceptors (Lipinski definition) is 5. The minimum absolute atomic E-state index is 0.0976. The summed E-state index contributed by atoms with van der Waals surface area (Å²) >= 11 is 12.3. The van der Waals surface area contributed by atoms with E-state index in [1.54, 1.807) is 18.2 Å². The van der Waals surface area contributed by atoms with Crippen LogP contribution in [0.2, 0.25) is 10.0 Å². The molecule has 0 unspecified atom stereocenters. The summed E-state index contributed by atoms with van der Waals surface area (Å²) < 4.78 is 11.2. The standard InChI is InChI=1S/C21H19Cl2N3O3/c22-17-7-4-8-18(23)16(17)13-29-19-11-14(12-26-20(19)24)21(27)25-9-10-28-15-5-2-1-3-6-15/h1-8,11-12H,9-10,13H2,(H2,24,26)(H,25,27). The van der Waals surface area contributed by atoms with E-state index >= 15 is 0 Å². The Labute approximate surface area is 178 Å². The number of nitrogens with one attached hydrogen (secondary N) is 1. The number of carbonyl (C=O) groups is 1. The van der Waals surface area contributed by atoms with Crippen molar-refractivity contribution in [3.8, 4) is 11.5 Å². The van der Waals surface area contributed by atoms with Gasteiger partial charge in [0.1, 0.15) is 19.0 Å². The van der Waals surface area contributed by atoms with E-state index in [0.29, 0.717) is 34.3 Å². The second-order valence-electron chi connectivity index (χ2n) is 6.01. The molecule has 0 saturated carbocycles. The summed E-state index contributed by atoms with van der Waals surface area (Å²) in [6.07, 6.45) is 1.39. The molecule has 0 spiro atoms. The van der Waals surface area contributed by atoms with Gasteiger partial charge in [-0.05, 0) is 30.3 Å². The third-order valence-electron chi connectivity index (χ3n) is 3.98. The topological polar surface area (TPSA) is 86.5 Å². The number of hydrogen-bond donors (Lipinski definition) is 2. The molecule has 2 aromatic carbocycles. The van der Waals surface area contributed by atoms with E-state index < -0.39 is 0 Å². The van der Waals surface area contributed by atoms with Crippen molar-refractivity contribution >= 4 is 34.9 Å². The fourth-order valence-electron chi connectivity index (χ4n) is 2.47. The fourth-order valence-corrected chi connectivity index (χ4v) is 2.97. The summed E-state index contributed by atoms with van der Waals surface area (Å²) in [6.45, 7) is 0.774. The monoisotopic (exact) mass is 431 g/mol. The number of nitrogens with zero attached hydrogens (tertiary/aromatic N) is 1. The zero-order chi connectivity index (χ0) is 20.6.